The van der Waals surface area contributed by atoms with Crippen molar-refractivity contribution >= 4 is 23.4 Å². The van der Waals surface area contributed by atoms with Crippen LogP contribution in [0.1, 0.15) is 25.7 Å². The van der Waals surface area contributed by atoms with Crippen LogP contribution in [0.25, 0.3) is 0 Å². The van der Waals surface area contributed by atoms with Crippen LogP contribution in [0.15, 0.2) is 23.1 Å². The second-order valence-corrected chi connectivity index (χ2v) is 4.94. The van der Waals surface area contributed by atoms with Crippen LogP contribution in [0.4, 0.5) is 10.1 Å². The van der Waals surface area contributed by atoms with Gasteiger partial charge in [0.1, 0.15) is 5.82 Å². The Morgan fingerprint density at radius 1 is 1.29 bits per heavy atom. The zero-order valence-electron chi connectivity index (χ0n) is 9.49. The summed E-state index contributed by atoms with van der Waals surface area (Å²) >= 11 is 1.54. The second-order valence-electron chi connectivity index (χ2n) is 3.77. The van der Waals surface area contributed by atoms with E-state index in [1.807, 2.05) is 0 Å². The summed E-state index contributed by atoms with van der Waals surface area (Å²) < 4.78 is 13.0. The van der Waals surface area contributed by atoms with Crippen LogP contribution < -0.4 is 5.73 Å². The first kappa shape index (κ1) is 13.8. The molecule has 0 unspecified atom stereocenters. The van der Waals surface area contributed by atoms with Crippen molar-refractivity contribution in [2.75, 3.05) is 11.5 Å². The highest BCUT2D eigenvalue weighted by atomic mass is 32.2. The summed E-state index contributed by atoms with van der Waals surface area (Å²) in [6, 6.07) is 4.49. The fraction of sp³-hybridized carbons (Fsp3) is 0.417. The van der Waals surface area contributed by atoms with Gasteiger partial charge in [-0.25, -0.2) is 4.39 Å². The third-order valence-electron chi connectivity index (χ3n) is 2.20. The molecule has 94 valence electrons. The van der Waals surface area contributed by atoms with Gasteiger partial charge in [-0.3, -0.25) is 4.79 Å². The number of hydrogen-bond acceptors (Lipinski definition) is 3. The Morgan fingerprint density at radius 3 is 2.71 bits per heavy atom. The molecule has 0 heterocycles. The highest BCUT2D eigenvalue weighted by Gasteiger charge is 2.00. The van der Waals surface area contributed by atoms with Gasteiger partial charge < -0.3 is 10.8 Å². The number of anilines is 1. The Labute approximate surface area is 104 Å². The molecule has 0 fully saturated rings. The Kier molecular flexibility index (Phi) is 5.83. The lowest BCUT2D eigenvalue weighted by atomic mass is 10.2. The Hall–Kier alpha value is -1.23. The first-order valence-electron chi connectivity index (χ1n) is 5.48. The first-order chi connectivity index (χ1) is 8.08. The summed E-state index contributed by atoms with van der Waals surface area (Å²) in [6.07, 6.45) is 2.72. The molecule has 0 saturated heterocycles. The number of halogens is 1. The van der Waals surface area contributed by atoms with Gasteiger partial charge in [-0.2, -0.15) is 0 Å². The third kappa shape index (κ3) is 6.16. The van der Waals surface area contributed by atoms with Crippen LogP contribution in [-0.2, 0) is 4.79 Å². The number of benzene rings is 1. The number of rotatable bonds is 7. The Balaban J connectivity index is 2.20. The highest BCUT2D eigenvalue weighted by molar-refractivity contribution is 7.99. The quantitative estimate of drug-likeness (QED) is 0.447. The summed E-state index contributed by atoms with van der Waals surface area (Å²) in [6.45, 7) is 0. The molecule has 0 saturated carbocycles. The van der Waals surface area contributed by atoms with Crippen molar-refractivity contribution in [2.24, 2.45) is 0 Å². The van der Waals surface area contributed by atoms with E-state index < -0.39 is 5.97 Å². The maximum atomic E-state index is 13.0. The van der Waals surface area contributed by atoms with Crippen LogP contribution in [0, 0.1) is 5.82 Å². The van der Waals surface area contributed by atoms with Crippen molar-refractivity contribution in [2.45, 2.75) is 30.6 Å². The summed E-state index contributed by atoms with van der Waals surface area (Å²) in [5.41, 5.74) is 5.96. The van der Waals surface area contributed by atoms with Crippen molar-refractivity contribution in [3.63, 3.8) is 0 Å². The summed E-state index contributed by atoms with van der Waals surface area (Å²) in [5.74, 6) is -0.225. The second kappa shape index (κ2) is 7.17. The van der Waals surface area contributed by atoms with E-state index in [4.69, 9.17) is 10.8 Å². The number of unbranched alkanes of at least 4 members (excludes halogenated alkanes) is 2. The number of nitrogen functional groups attached to an aromatic ring is 1. The fourth-order valence-corrected chi connectivity index (χ4v) is 2.41. The van der Waals surface area contributed by atoms with Gasteiger partial charge in [0, 0.05) is 17.0 Å². The number of hydrogen-bond donors (Lipinski definition) is 2. The van der Waals surface area contributed by atoms with E-state index in [-0.39, 0.29) is 12.2 Å². The molecule has 3 N–H and O–H groups in total. The molecule has 1 aromatic carbocycles. The minimum atomic E-state index is -0.754. The number of carboxylic acids is 1. The van der Waals surface area contributed by atoms with Crippen LogP contribution in [0.5, 0.6) is 0 Å². The predicted octanol–water partition coefficient (Wildman–Crippen LogP) is 3.15. The molecule has 0 radical (unpaired) electrons. The number of nitrogens with two attached hydrogens (primary N) is 1. The molecular weight excluding hydrogens is 241 g/mol. The van der Waals surface area contributed by atoms with Crippen molar-refractivity contribution in [3.8, 4) is 0 Å². The fourth-order valence-electron chi connectivity index (χ4n) is 1.41. The molecule has 1 aromatic rings. The van der Waals surface area contributed by atoms with Crippen LogP contribution in [0.3, 0.4) is 0 Å². The van der Waals surface area contributed by atoms with Crippen LogP contribution >= 0.6 is 11.8 Å². The molecule has 0 atom stereocenters. The van der Waals surface area contributed by atoms with E-state index in [1.54, 1.807) is 17.8 Å². The predicted molar refractivity (Wildman–Crippen MR) is 67.6 cm³/mol. The minimum absolute atomic E-state index is 0.220. The lowest BCUT2D eigenvalue weighted by Crippen LogP contribution is -1.94. The van der Waals surface area contributed by atoms with Crippen LogP contribution in [-0.4, -0.2) is 16.8 Å². The first-order valence-corrected chi connectivity index (χ1v) is 6.47. The van der Waals surface area contributed by atoms with Gasteiger partial charge in [0.15, 0.2) is 0 Å². The van der Waals surface area contributed by atoms with Crippen molar-refractivity contribution in [1.29, 1.82) is 0 Å². The van der Waals surface area contributed by atoms with E-state index in [0.717, 1.165) is 23.5 Å². The molecule has 0 aliphatic heterocycles. The summed E-state index contributed by atoms with van der Waals surface area (Å²) in [5, 5.41) is 8.45. The molecular formula is C12H16FNO2S. The van der Waals surface area contributed by atoms with Gasteiger partial charge in [-0.1, -0.05) is 6.42 Å². The highest BCUT2D eigenvalue weighted by Crippen LogP contribution is 2.23. The van der Waals surface area contributed by atoms with E-state index >= 15 is 0 Å². The van der Waals surface area contributed by atoms with Crippen molar-refractivity contribution in [3.05, 3.63) is 24.0 Å². The van der Waals surface area contributed by atoms with Crippen molar-refractivity contribution < 1.29 is 14.3 Å². The Bertz CT molecular complexity index is 365. The van der Waals surface area contributed by atoms with Crippen molar-refractivity contribution in [1.82, 2.24) is 0 Å². The lowest BCUT2D eigenvalue weighted by molar-refractivity contribution is -0.137. The average Bonchev–Trinajstić information content (AvgIpc) is 2.21. The van der Waals surface area contributed by atoms with Gasteiger partial charge in [0.25, 0.3) is 0 Å². The molecule has 0 aromatic heterocycles. The van der Waals surface area contributed by atoms with E-state index in [2.05, 4.69) is 0 Å². The number of carboxylic acid groups (broad SMARTS) is 1. The lowest BCUT2D eigenvalue weighted by Gasteiger charge is -2.03. The zero-order chi connectivity index (χ0) is 12.7. The maximum Gasteiger partial charge on any atom is 0.303 e. The molecule has 0 aliphatic carbocycles. The van der Waals surface area contributed by atoms with E-state index in [0.29, 0.717) is 12.1 Å². The number of aliphatic carboxylic acids is 1. The zero-order valence-corrected chi connectivity index (χ0v) is 10.3. The molecule has 5 heteroatoms. The SMILES string of the molecule is Nc1cc(F)cc(SCCCCCC(=O)O)c1. The molecule has 0 aliphatic rings. The molecule has 0 amide bonds. The van der Waals surface area contributed by atoms with Gasteiger partial charge in [0.2, 0.25) is 0 Å². The smallest absolute Gasteiger partial charge is 0.303 e. The van der Waals surface area contributed by atoms with E-state index in [9.17, 15) is 9.18 Å². The third-order valence-corrected chi connectivity index (χ3v) is 3.26. The molecule has 3 nitrogen and oxygen atoms in total. The number of carbonyl (C=O) groups is 1. The van der Waals surface area contributed by atoms with Gasteiger partial charge in [0.05, 0.1) is 0 Å². The summed E-state index contributed by atoms with van der Waals surface area (Å²) in [4.78, 5) is 11.1. The molecule has 1 rings (SSSR count). The minimum Gasteiger partial charge on any atom is -0.481 e. The maximum absolute atomic E-state index is 13.0. The summed E-state index contributed by atoms with van der Waals surface area (Å²) in [7, 11) is 0. The normalized spacial score (nSPS) is 10.4. The molecule has 17 heavy (non-hydrogen) atoms. The standard InChI is InChI=1S/C12H16FNO2S/c13-9-6-10(14)8-11(7-9)17-5-3-1-2-4-12(15)16/h6-8H,1-5,14H2,(H,15,16). The van der Waals surface area contributed by atoms with Crippen LogP contribution in [0.2, 0.25) is 0 Å². The van der Waals surface area contributed by atoms with Gasteiger partial charge >= 0.3 is 5.97 Å². The Morgan fingerprint density at radius 2 is 2.06 bits per heavy atom. The topological polar surface area (TPSA) is 63.3 Å². The number of thioether (sulfide) groups is 1. The molecule has 0 spiro atoms. The van der Waals surface area contributed by atoms with Gasteiger partial charge in [-0.05, 0) is 36.8 Å². The molecule has 0 bridgehead atoms. The largest absolute Gasteiger partial charge is 0.481 e. The monoisotopic (exact) mass is 257 g/mol. The average molecular weight is 257 g/mol. The van der Waals surface area contributed by atoms with E-state index in [1.165, 1.54) is 12.1 Å². The van der Waals surface area contributed by atoms with Gasteiger partial charge in [-0.15, -0.1) is 11.8 Å².